The Morgan fingerprint density at radius 2 is 1.81 bits per heavy atom. The highest BCUT2D eigenvalue weighted by molar-refractivity contribution is 7.17. The lowest BCUT2D eigenvalue weighted by atomic mass is 10.1. The zero-order valence-corrected chi connectivity index (χ0v) is 18.7. The number of hydrazine groups is 1. The molecule has 164 valence electrons. The molecule has 1 aromatic carbocycles. The minimum atomic E-state index is -0.404. The number of aryl methyl sites for hydroxylation is 3. The Hall–Kier alpha value is -3.59. The van der Waals surface area contributed by atoms with Gasteiger partial charge < -0.3 is 0 Å². The van der Waals surface area contributed by atoms with E-state index in [9.17, 15) is 14.0 Å². The van der Waals surface area contributed by atoms with Crippen LogP contribution in [0.25, 0.3) is 16.1 Å². The fourth-order valence-electron chi connectivity index (χ4n) is 3.52. The molecule has 32 heavy (non-hydrogen) atoms. The number of fused-ring (bicyclic) bond motifs is 1. The van der Waals surface area contributed by atoms with E-state index in [2.05, 4.69) is 20.9 Å². The molecule has 0 atom stereocenters. The zero-order valence-electron chi connectivity index (χ0n) is 17.9. The lowest BCUT2D eigenvalue weighted by Crippen LogP contribution is -2.41. The molecule has 3 heterocycles. The van der Waals surface area contributed by atoms with Crippen LogP contribution in [0.1, 0.15) is 38.7 Å². The summed E-state index contributed by atoms with van der Waals surface area (Å²) in [6.45, 7) is 5.79. The fraction of sp³-hybridized carbons (Fsp3) is 0.217. The SMILES string of the molecule is Cc1cc2nc(C)c(CCC(=O)NNC(=O)c3ccc(-c4ccc(F)cc4)s3)c(C)n2n1. The quantitative estimate of drug-likeness (QED) is 0.450. The molecule has 2 amide bonds. The third-order valence-corrected chi connectivity index (χ3v) is 6.30. The monoisotopic (exact) mass is 451 g/mol. The Bertz CT molecular complexity index is 1310. The van der Waals surface area contributed by atoms with Gasteiger partial charge in [0.25, 0.3) is 5.91 Å². The molecule has 0 aliphatic carbocycles. The van der Waals surface area contributed by atoms with Gasteiger partial charge >= 0.3 is 0 Å². The summed E-state index contributed by atoms with van der Waals surface area (Å²) >= 11 is 1.27. The molecule has 4 aromatic rings. The van der Waals surface area contributed by atoms with Crippen molar-refractivity contribution < 1.29 is 14.0 Å². The minimum Gasteiger partial charge on any atom is -0.273 e. The maximum atomic E-state index is 13.1. The van der Waals surface area contributed by atoms with Gasteiger partial charge in [-0.25, -0.2) is 13.9 Å². The largest absolute Gasteiger partial charge is 0.279 e. The number of hydrogen-bond acceptors (Lipinski definition) is 5. The number of nitrogens with zero attached hydrogens (tertiary/aromatic N) is 3. The van der Waals surface area contributed by atoms with E-state index < -0.39 is 5.91 Å². The van der Waals surface area contributed by atoms with Crippen molar-refractivity contribution in [2.45, 2.75) is 33.6 Å². The molecule has 4 rings (SSSR count). The van der Waals surface area contributed by atoms with Crippen molar-refractivity contribution in [3.63, 3.8) is 0 Å². The third-order valence-electron chi connectivity index (χ3n) is 5.16. The van der Waals surface area contributed by atoms with Crippen LogP contribution in [0.2, 0.25) is 0 Å². The maximum Gasteiger partial charge on any atom is 0.279 e. The summed E-state index contributed by atoms with van der Waals surface area (Å²) in [7, 11) is 0. The van der Waals surface area contributed by atoms with Crippen molar-refractivity contribution >= 4 is 28.8 Å². The highest BCUT2D eigenvalue weighted by Crippen LogP contribution is 2.28. The van der Waals surface area contributed by atoms with E-state index in [0.717, 1.165) is 38.7 Å². The van der Waals surface area contributed by atoms with E-state index in [0.29, 0.717) is 11.3 Å². The van der Waals surface area contributed by atoms with E-state index in [4.69, 9.17) is 0 Å². The van der Waals surface area contributed by atoms with Crippen LogP contribution in [0, 0.1) is 26.6 Å². The van der Waals surface area contributed by atoms with Gasteiger partial charge in [0, 0.05) is 28.8 Å². The molecule has 0 fully saturated rings. The van der Waals surface area contributed by atoms with Crippen molar-refractivity contribution in [1.82, 2.24) is 25.4 Å². The Labute approximate surface area is 188 Å². The first-order valence-electron chi connectivity index (χ1n) is 10.1. The molecule has 0 saturated carbocycles. The van der Waals surface area contributed by atoms with Gasteiger partial charge in [0.2, 0.25) is 5.91 Å². The van der Waals surface area contributed by atoms with E-state index in [1.54, 1.807) is 28.8 Å². The molecule has 0 aliphatic rings. The second-order valence-corrected chi connectivity index (χ2v) is 8.57. The standard InChI is InChI=1S/C23H22FN5O2S/c1-13-12-21-25-14(2)18(15(3)29(21)28-13)8-11-22(30)26-27-23(31)20-10-9-19(32-20)16-4-6-17(24)7-5-16/h4-7,9-10,12H,8,11H2,1-3H3,(H,26,30)(H,27,31). The van der Waals surface area contributed by atoms with E-state index in [1.165, 1.54) is 23.5 Å². The summed E-state index contributed by atoms with van der Waals surface area (Å²) in [5.41, 5.74) is 10.2. The number of halogens is 1. The van der Waals surface area contributed by atoms with Crippen LogP contribution in [-0.4, -0.2) is 26.4 Å². The van der Waals surface area contributed by atoms with Gasteiger partial charge in [-0.1, -0.05) is 12.1 Å². The van der Waals surface area contributed by atoms with Crippen LogP contribution in [0.4, 0.5) is 4.39 Å². The van der Waals surface area contributed by atoms with Gasteiger partial charge in [0.1, 0.15) is 5.82 Å². The lowest BCUT2D eigenvalue weighted by molar-refractivity contribution is -0.121. The Kier molecular flexibility index (Phi) is 6.00. The molecular weight excluding hydrogens is 429 g/mol. The average molecular weight is 452 g/mol. The van der Waals surface area contributed by atoms with Crippen LogP contribution in [0.3, 0.4) is 0 Å². The summed E-state index contributed by atoms with van der Waals surface area (Å²) < 4.78 is 14.9. The minimum absolute atomic E-state index is 0.195. The number of thiophene rings is 1. The number of hydrogen-bond donors (Lipinski definition) is 2. The number of carbonyl (C=O) groups excluding carboxylic acids is 2. The normalized spacial score (nSPS) is 11.0. The van der Waals surface area contributed by atoms with E-state index >= 15 is 0 Å². The number of nitrogens with one attached hydrogen (secondary N) is 2. The average Bonchev–Trinajstić information content (AvgIpc) is 3.39. The Morgan fingerprint density at radius 1 is 1.06 bits per heavy atom. The van der Waals surface area contributed by atoms with Gasteiger partial charge in [-0.3, -0.25) is 20.4 Å². The lowest BCUT2D eigenvalue weighted by Gasteiger charge is -2.11. The van der Waals surface area contributed by atoms with Crippen LogP contribution < -0.4 is 10.9 Å². The van der Waals surface area contributed by atoms with Crippen LogP contribution in [0.5, 0.6) is 0 Å². The Balaban J connectivity index is 1.34. The maximum absolute atomic E-state index is 13.1. The first-order chi connectivity index (χ1) is 15.3. The highest BCUT2D eigenvalue weighted by atomic mass is 32.1. The number of amides is 2. The topological polar surface area (TPSA) is 88.4 Å². The predicted octanol–water partition coefficient (Wildman–Crippen LogP) is 3.92. The molecule has 0 aliphatic heterocycles. The van der Waals surface area contributed by atoms with Gasteiger partial charge in [0.05, 0.1) is 10.6 Å². The molecule has 0 bridgehead atoms. The smallest absolute Gasteiger partial charge is 0.273 e. The number of carbonyl (C=O) groups is 2. The van der Waals surface area contributed by atoms with E-state index in [1.807, 2.05) is 26.8 Å². The van der Waals surface area contributed by atoms with Crippen LogP contribution >= 0.6 is 11.3 Å². The number of aromatic nitrogens is 3. The van der Waals surface area contributed by atoms with Crippen LogP contribution in [-0.2, 0) is 11.2 Å². The zero-order chi connectivity index (χ0) is 22.8. The second-order valence-electron chi connectivity index (χ2n) is 7.49. The first kappa shape index (κ1) is 21.6. The summed E-state index contributed by atoms with van der Waals surface area (Å²) in [5, 5.41) is 4.44. The summed E-state index contributed by atoms with van der Waals surface area (Å²) in [4.78, 5) is 30.5. The summed E-state index contributed by atoms with van der Waals surface area (Å²) in [6.07, 6.45) is 0.676. The molecular formula is C23H22FN5O2S. The van der Waals surface area contributed by atoms with Crippen molar-refractivity contribution in [1.29, 1.82) is 0 Å². The number of benzene rings is 1. The second kappa shape index (κ2) is 8.88. The Morgan fingerprint density at radius 3 is 2.56 bits per heavy atom. The molecule has 0 unspecified atom stereocenters. The summed E-state index contributed by atoms with van der Waals surface area (Å²) in [5.74, 6) is -1.02. The van der Waals surface area contributed by atoms with Crippen molar-refractivity contribution in [2.75, 3.05) is 0 Å². The highest BCUT2D eigenvalue weighted by Gasteiger charge is 2.14. The van der Waals surface area contributed by atoms with Gasteiger partial charge in [-0.05, 0) is 62.6 Å². The molecule has 0 saturated heterocycles. The number of rotatable bonds is 5. The van der Waals surface area contributed by atoms with Gasteiger partial charge in [-0.2, -0.15) is 5.10 Å². The molecule has 3 aromatic heterocycles. The molecule has 0 spiro atoms. The van der Waals surface area contributed by atoms with Gasteiger partial charge in [-0.15, -0.1) is 11.3 Å². The third kappa shape index (κ3) is 4.52. The van der Waals surface area contributed by atoms with Crippen molar-refractivity contribution in [3.8, 4) is 10.4 Å². The van der Waals surface area contributed by atoms with Crippen molar-refractivity contribution in [3.05, 3.63) is 75.8 Å². The van der Waals surface area contributed by atoms with Gasteiger partial charge in [0.15, 0.2) is 5.65 Å². The predicted molar refractivity (Wildman–Crippen MR) is 121 cm³/mol. The summed E-state index contributed by atoms with van der Waals surface area (Å²) in [6, 6.07) is 11.4. The molecule has 9 heteroatoms. The molecule has 0 radical (unpaired) electrons. The van der Waals surface area contributed by atoms with Crippen molar-refractivity contribution in [2.24, 2.45) is 0 Å². The fourth-order valence-corrected chi connectivity index (χ4v) is 4.43. The molecule has 2 N–H and O–H groups in total. The first-order valence-corrected chi connectivity index (χ1v) is 10.9. The molecule has 7 nitrogen and oxygen atoms in total. The van der Waals surface area contributed by atoms with Crippen LogP contribution in [0.15, 0.2) is 42.5 Å². The van der Waals surface area contributed by atoms with E-state index in [-0.39, 0.29) is 18.1 Å².